The van der Waals surface area contributed by atoms with Gasteiger partial charge in [0.2, 0.25) is 0 Å². The third-order valence-corrected chi connectivity index (χ3v) is 8.04. The summed E-state index contributed by atoms with van der Waals surface area (Å²) in [5.74, 6) is 0.537. The molecule has 1 aromatic heterocycles. The Balaban J connectivity index is 1.59. The molecule has 1 fully saturated rings. The van der Waals surface area contributed by atoms with Gasteiger partial charge < -0.3 is 15.4 Å². The molecule has 6 heteroatoms. The number of rotatable bonds is 5. The first kappa shape index (κ1) is 20.6. The Morgan fingerprint density at radius 1 is 1.26 bits per heavy atom. The third-order valence-electron chi connectivity index (χ3n) is 6.62. The smallest absolute Gasteiger partial charge is 0.341 e. The average molecular weight is 409 g/mol. The molecule has 150 valence electrons. The number of anilines is 1. The van der Waals surface area contributed by atoms with Crippen molar-refractivity contribution in [2.45, 2.75) is 78.2 Å². The summed E-state index contributed by atoms with van der Waals surface area (Å²) in [7, 11) is 1.44. The van der Waals surface area contributed by atoms with Crippen molar-refractivity contribution in [3.05, 3.63) is 16.0 Å². The van der Waals surface area contributed by atoms with Gasteiger partial charge in [-0.05, 0) is 74.1 Å². The zero-order valence-corrected chi connectivity index (χ0v) is 18.6. The SMILES string of the molecule is CCC(C)(C)C1CCC(NC(=S)Nc2sc3c(c2C(=O)OC)CCC3)CC1. The molecule has 0 spiro atoms. The van der Waals surface area contributed by atoms with E-state index in [-0.39, 0.29) is 5.97 Å². The van der Waals surface area contributed by atoms with Crippen molar-refractivity contribution < 1.29 is 9.53 Å². The second kappa shape index (κ2) is 8.48. The normalized spacial score (nSPS) is 22.2. The highest BCUT2D eigenvalue weighted by Crippen LogP contribution is 2.41. The minimum Gasteiger partial charge on any atom is -0.465 e. The number of hydrogen-bond acceptors (Lipinski definition) is 4. The van der Waals surface area contributed by atoms with Crippen LogP contribution in [0.3, 0.4) is 0 Å². The first-order chi connectivity index (χ1) is 12.9. The minimum absolute atomic E-state index is 0.262. The molecule has 2 N–H and O–H groups in total. The van der Waals surface area contributed by atoms with Crippen LogP contribution in [-0.4, -0.2) is 24.2 Å². The number of carbonyl (C=O) groups is 1. The summed E-state index contributed by atoms with van der Waals surface area (Å²) in [6.07, 6.45) is 9.16. The van der Waals surface area contributed by atoms with Crippen LogP contribution in [0.1, 0.15) is 80.1 Å². The maximum atomic E-state index is 12.3. The summed E-state index contributed by atoms with van der Waals surface area (Å²) in [5, 5.41) is 8.24. The summed E-state index contributed by atoms with van der Waals surface area (Å²) in [4.78, 5) is 13.6. The molecule has 2 aliphatic rings. The molecule has 2 aliphatic carbocycles. The molecular formula is C21H32N2O2S2. The lowest BCUT2D eigenvalue weighted by Gasteiger charge is -2.39. The van der Waals surface area contributed by atoms with E-state index in [0.29, 0.717) is 22.1 Å². The summed E-state index contributed by atoms with van der Waals surface area (Å²) in [5.41, 5.74) is 2.27. The van der Waals surface area contributed by atoms with E-state index in [4.69, 9.17) is 17.0 Å². The van der Waals surface area contributed by atoms with Gasteiger partial charge in [0.05, 0.1) is 12.7 Å². The van der Waals surface area contributed by atoms with Crippen molar-refractivity contribution in [3.8, 4) is 0 Å². The second-order valence-electron chi connectivity index (χ2n) is 8.54. The quantitative estimate of drug-likeness (QED) is 0.511. The number of hydrogen-bond donors (Lipinski definition) is 2. The van der Waals surface area contributed by atoms with Crippen LogP contribution >= 0.6 is 23.6 Å². The predicted molar refractivity (Wildman–Crippen MR) is 117 cm³/mol. The molecule has 1 saturated carbocycles. The fraction of sp³-hybridized carbons (Fsp3) is 0.714. The monoisotopic (exact) mass is 408 g/mol. The maximum Gasteiger partial charge on any atom is 0.341 e. The molecule has 0 radical (unpaired) electrons. The van der Waals surface area contributed by atoms with Gasteiger partial charge in [0.25, 0.3) is 0 Å². The molecule has 0 saturated heterocycles. The summed E-state index contributed by atoms with van der Waals surface area (Å²) >= 11 is 7.21. The third kappa shape index (κ3) is 4.48. The molecule has 0 amide bonds. The van der Waals surface area contributed by atoms with E-state index >= 15 is 0 Å². The fourth-order valence-electron chi connectivity index (χ4n) is 4.44. The fourth-order valence-corrected chi connectivity index (χ4v) is 6.06. The second-order valence-corrected chi connectivity index (χ2v) is 10.1. The maximum absolute atomic E-state index is 12.3. The Hall–Kier alpha value is -1.14. The van der Waals surface area contributed by atoms with E-state index in [9.17, 15) is 4.79 Å². The van der Waals surface area contributed by atoms with E-state index in [2.05, 4.69) is 31.4 Å². The number of aryl methyl sites for hydroxylation is 1. The van der Waals surface area contributed by atoms with Gasteiger partial charge in [0.15, 0.2) is 5.11 Å². The van der Waals surface area contributed by atoms with Crippen LogP contribution < -0.4 is 10.6 Å². The lowest BCUT2D eigenvalue weighted by molar-refractivity contribution is 0.0601. The first-order valence-corrected chi connectivity index (χ1v) is 11.4. The van der Waals surface area contributed by atoms with Crippen LogP contribution in [0.15, 0.2) is 0 Å². The number of thiocarbonyl (C=S) groups is 1. The molecule has 0 unspecified atom stereocenters. The van der Waals surface area contributed by atoms with Gasteiger partial charge in [-0.3, -0.25) is 0 Å². The molecule has 1 heterocycles. The van der Waals surface area contributed by atoms with Crippen molar-refractivity contribution in [2.24, 2.45) is 11.3 Å². The summed E-state index contributed by atoms with van der Waals surface area (Å²) in [6, 6.07) is 0.419. The van der Waals surface area contributed by atoms with Crippen LogP contribution in [0.5, 0.6) is 0 Å². The Kier molecular flexibility index (Phi) is 6.46. The van der Waals surface area contributed by atoms with Gasteiger partial charge in [-0.2, -0.15) is 0 Å². The van der Waals surface area contributed by atoms with Gasteiger partial charge in [-0.25, -0.2) is 4.79 Å². The number of esters is 1. The van der Waals surface area contributed by atoms with E-state index in [1.54, 1.807) is 11.3 Å². The van der Waals surface area contributed by atoms with E-state index < -0.39 is 0 Å². The van der Waals surface area contributed by atoms with Gasteiger partial charge in [-0.15, -0.1) is 11.3 Å². The first-order valence-electron chi connectivity index (χ1n) is 10.2. The van der Waals surface area contributed by atoms with Crippen LogP contribution in [0.2, 0.25) is 0 Å². The predicted octanol–water partition coefficient (Wildman–Crippen LogP) is 5.30. The number of thiophene rings is 1. The van der Waals surface area contributed by atoms with Crippen LogP contribution in [0.4, 0.5) is 5.00 Å². The van der Waals surface area contributed by atoms with Crippen molar-refractivity contribution in [1.29, 1.82) is 0 Å². The molecule has 27 heavy (non-hydrogen) atoms. The molecule has 0 aromatic carbocycles. The number of methoxy groups -OCH3 is 1. The largest absolute Gasteiger partial charge is 0.465 e. The number of fused-ring (bicyclic) bond motifs is 1. The van der Waals surface area contributed by atoms with Gasteiger partial charge >= 0.3 is 5.97 Å². The zero-order chi connectivity index (χ0) is 19.6. The highest BCUT2D eigenvalue weighted by molar-refractivity contribution is 7.80. The molecular weight excluding hydrogens is 376 g/mol. The summed E-state index contributed by atoms with van der Waals surface area (Å²) in [6.45, 7) is 7.07. The van der Waals surface area contributed by atoms with Gasteiger partial charge in [-0.1, -0.05) is 27.2 Å². The molecule has 3 rings (SSSR count). The molecule has 4 nitrogen and oxygen atoms in total. The molecule has 0 aliphatic heterocycles. The van der Waals surface area contributed by atoms with Crippen LogP contribution in [0.25, 0.3) is 0 Å². The average Bonchev–Trinajstić information content (AvgIpc) is 3.22. The lowest BCUT2D eigenvalue weighted by Crippen LogP contribution is -2.41. The van der Waals surface area contributed by atoms with Crippen molar-refractivity contribution in [1.82, 2.24) is 5.32 Å². The standard InChI is InChI=1S/C21H32N2O2S2/c1-5-21(2,3)13-9-11-14(12-10-13)22-20(26)23-18-17(19(24)25-4)15-7-6-8-16(15)27-18/h13-14H,5-12H2,1-4H3,(H2,22,23,26). The Morgan fingerprint density at radius 2 is 1.96 bits per heavy atom. The highest BCUT2D eigenvalue weighted by Gasteiger charge is 2.32. The van der Waals surface area contributed by atoms with E-state index in [1.165, 1.54) is 31.2 Å². The van der Waals surface area contributed by atoms with E-state index in [1.807, 2.05) is 0 Å². The van der Waals surface area contributed by atoms with Crippen molar-refractivity contribution in [3.63, 3.8) is 0 Å². The molecule has 0 bridgehead atoms. The lowest BCUT2D eigenvalue weighted by atomic mass is 9.69. The number of nitrogens with one attached hydrogen (secondary N) is 2. The number of ether oxygens (including phenoxy) is 1. The van der Waals surface area contributed by atoms with Crippen LogP contribution in [-0.2, 0) is 17.6 Å². The minimum atomic E-state index is -0.262. The van der Waals surface area contributed by atoms with Crippen LogP contribution in [0, 0.1) is 11.3 Å². The number of carbonyl (C=O) groups excluding carboxylic acids is 1. The van der Waals surface area contributed by atoms with Gasteiger partial charge in [0, 0.05) is 10.9 Å². The van der Waals surface area contributed by atoms with Crippen molar-refractivity contribution in [2.75, 3.05) is 12.4 Å². The topological polar surface area (TPSA) is 50.4 Å². The van der Waals surface area contributed by atoms with Gasteiger partial charge in [0.1, 0.15) is 5.00 Å². The Morgan fingerprint density at radius 3 is 2.59 bits per heavy atom. The molecule has 0 atom stereocenters. The summed E-state index contributed by atoms with van der Waals surface area (Å²) < 4.78 is 5.01. The highest BCUT2D eigenvalue weighted by atomic mass is 32.1. The van der Waals surface area contributed by atoms with Crippen molar-refractivity contribution >= 4 is 39.6 Å². The molecule has 1 aromatic rings. The van der Waals surface area contributed by atoms with E-state index in [0.717, 1.165) is 48.6 Å². The Bertz CT molecular complexity index is 703. The Labute approximate surface area is 172 Å². The zero-order valence-electron chi connectivity index (χ0n) is 16.9.